The maximum atomic E-state index is 12.3. The third-order valence-corrected chi connectivity index (χ3v) is 3.59. The first kappa shape index (κ1) is 12.1. The molecule has 0 aliphatic carbocycles. The van der Waals surface area contributed by atoms with Gasteiger partial charge in [0, 0.05) is 15.5 Å². The van der Waals surface area contributed by atoms with Gasteiger partial charge in [0.05, 0.1) is 12.7 Å². The smallest absolute Gasteiger partial charge is 0.197 e. The Morgan fingerprint density at radius 1 is 1.29 bits per heavy atom. The first-order valence-electron chi connectivity index (χ1n) is 5.06. The maximum absolute atomic E-state index is 12.3. The minimum Gasteiger partial charge on any atom is -0.496 e. The summed E-state index contributed by atoms with van der Waals surface area (Å²) >= 11 is 7.42. The third-order valence-electron chi connectivity index (χ3n) is 2.51. The summed E-state index contributed by atoms with van der Waals surface area (Å²) in [7, 11) is 1.53. The molecular weight excluding hydrogens is 256 g/mol. The van der Waals surface area contributed by atoms with Crippen molar-refractivity contribution in [2.45, 2.75) is 6.92 Å². The van der Waals surface area contributed by atoms with E-state index < -0.39 is 0 Å². The zero-order valence-electron chi connectivity index (χ0n) is 9.49. The van der Waals surface area contributed by atoms with Crippen molar-refractivity contribution in [2.75, 3.05) is 7.11 Å². The van der Waals surface area contributed by atoms with Crippen LogP contribution in [-0.4, -0.2) is 12.9 Å². The summed E-state index contributed by atoms with van der Waals surface area (Å²) in [6.07, 6.45) is 0. The van der Waals surface area contributed by atoms with Crippen LogP contribution in [0.25, 0.3) is 0 Å². The standard InChI is InChI=1S/C13H11ClO2S/c1-8-10(5-6-17-8)13(15)11-4-3-9(14)7-12(11)16-2/h3-7H,1-2H3. The Labute approximate surface area is 109 Å². The molecule has 17 heavy (non-hydrogen) atoms. The first-order chi connectivity index (χ1) is 8.13. The van der Waals surface area contributed by atoms with E-state index in [1.807, 2.05) is 18.4 Å². The number of thiophene rings is 1. The second-order valence-electron chi connectivity index (χ2n) is 3.56. The van der Waals surface area contributed by atoms with Crippen molar-refractivity contribution in [3.63, 3.8) is 0 Å². The van der Waals surface area contributed by atoms with E-state index in [0.717, 1.165) is 10.4 Å². The first-order valence-corrected chi connectivity index (χ1v) is 6.31. The maximum Gasteiger partial charge on any atom is 0.197 e. The fraction of sp³-hybridized carbons (Fsp3) is 0.154. The fourth-order valence-corrected chi connectivity index (χ4v) is 2.48. The topological polar surface area (TPSA) is 26.3 Å². The molecule has 0 radical (unpaired) electrons. The lowest BCUT2D eigenvalue weighted by atomic mass is 10.0. The molecule has 1 heterocycles. The quantitative estimate of drug-likeness (QED) is 0.787. The number of carbonyl (C=O) groups excluding carboxylic acids is 1. The van der Waals surface area contributed by atoms with E-state index in [4.69, 9.17) is 16.3 Å². The van der Waals surface area contributed by atoms with Crippen LogP contribution in [0.15, 0.2) is 29.6 Å². The normalized spacial score (nSPS) is 10.3. The van der Waals surface area contributed by atoms with Crippen molar-refractivity contribution in [1.82, 2.24) is 0 Å². The van der Waals surface area contributed by atoms with E-state index in [9.17, 15) is 4.79 Å². The highest BCUT2D eigenvalue weighted by Crippen LogP contribution is 2.27. The molecule has 0 fully saturated rings. The second kappa shape index (κ2) is 4.90. The molecule has 0 atom stereocenters. The summed E-state index contributed by atoms with van der Waals surface area (Å²) in [6.45, 7) is 1.93. The average molecular weight is 267 g/mol. The number of hydrogen-bond acceptors (Lipinski definition) is 3. The minimum atomic E-state index is -0.0303. The lowest BCUT2D eigenvalue weighted by molar-refractivity contribution is 0.103. The Morgan fingerprint density at radius 3 is 2.65 bits per heavy atom. The number of hydrogen-bond donors (Lipinski definition) is 0. The molecule has 2 aromatic rings. The van der Waals surface area contributed by atoms with Gasteiger partial charge in [0.1, 0.15) is 5.75 Å². The number of benzene rings is 1. The van der Waals surface area contributed by atoms with Gasteiger partial charge in [-0.05, 0) is 36.6 Å². The van der Waals surface area contributed by atoms with Gasteiger partial charge >= 0.3 is 0 Å². The highest BCUT2D eigenvalue weighted by molar-refractivity contribution is 7.10. The molecule has 0 aliphatic rings. The highest BCUT2D eigenvalue weighted by atomic mass is 35.5. The summed E-state index contributed by atoms with van der Waals surface area (Å²) in [6, 6.07) is 6.87. The van der Waals surface area contributed by atoms with E-state index in [-0.39, 0.29) is 5.78 Å². The molecule has 0 bridgehead atoms. The van der Waals surface area contributed by atoms with Crippen LogP contribution in [0.1, 0.15) is 20.8 Å². The molecule has 2 nitrogen and oxygen atoms in total. The van der Waals surface area contributed by atoms with Crippen LogP contribution in [0, 0.1) is 6.92 Å². The number of ether oxygens (including phenoxy) is 1. The molecular formula is C13H11ClO2S. The number of carbonyl (C=O) groups is 1. The van der Waals surface area contributed by atoms with Gasteiger partial charge in [0.15, 0.2) is 5.78 Å². The van der Waals surface area contributed by atoms with Gasteiger partial charge in [-0.1, -0.05) is 11.6 Å². The highest BCUT2D eigenvalue weighted by Gasteiger charge is 2.17. The second-order valence-corrected chi connectivity index (χ2v) is 5.12. The Kier molecular flexibility index (Phi) is 3.50. The Bertz CT molecular complexity index is 560. The van der Waals surface area contributed by atoms with Crippen LogP contribution >= 0.6 is 22.9 Å². The van der Waals surface area contributed by atoms with E-state index in [0.29, 0.717) is 16.3 Å². The SMILES string of the molecule is COc1cc(Cl)ccc1C(=O)c1ccsc1C. The summed E-state index contributed by atoms with van der Waals surface area (Å²) in [5.41, 5.74) is 1.26. The van der Waals surface area contributed by atoms with Crippen molar-refractivity contribution in [3.8, 4) is 5.75 Å². The lowest BCUT2D eigenvalue weighted by Gasteiger charge is -2.07. The molecule has 0 unspecified atom stereocenters. The largest absolute Gasteiger partial charge is 0.496 e. The van der Waals surface area contributed by atoms with Crippen LogP contribution in [0.4, 0.5) is 0 Å². The number of rotatable bonds is 3. The van der Waals surface area contributed by atoms with Gasteiger partial charge < -0.3 is 4.74 Å². The van der Waals surface area contributed by atoms with Crippen LogP contribution in [0.5, 0.6) is 5.75 Å². The van der Waals surface area contributed by atoms with E-state index in [1.54, 1.807) is 29.5 Å². The lowest BCUT2D eigenvalue weighted by Crippen LogP contribution is -2.03. The van der Waals surface area contributed by atoms with Crippen LogP contribution in [0.2, 0.25) is 5.02 Å². The van der Waals surface area contributed by atoms with Crippen LogP contribution in [0.3, 0.4) is 0 Å². The summed E-state index contributed by atoms with van der Waals surface area (Å²) in [5, 5.41) is 2.46. The van der Waals surface area contributed by atoms with Crippen LogP contribution in [-0.2, 0) is 0 Å². The third kappa shape index (κ3) is 2.35. The van der Waals surface area contributed by atoms with Crippen molar-refractivity contribution in [1.29, 1.82) is 0 Å². The Morgan fingerprint density at radius 2 is 2.06 bits per heavy atom. The van der Waals surface area contributed by atoms with Crippen molar-refractivity contribution >= 4 is 28.7 Å². The summed E-state index contributed by atoms with van der Waals surface area (Å²) in [4.78, 5) is 13.3. The van der Waals surface area contributed by atoms with Crippen molar-refractivity contribution in [3.05, 3.63) is 50.7 Å². The minimum absolute atomic E-state index is 0.0303. The van der Waals surface area contributed by atoms with Gasteiger partial charge in [0.2, 0.25) is 0 Å². The monoisotopic (exact) mass is 266 g/mol. The molecule has 0 saturated carbocycles. The number of halogens is 1. The zero-order valence-corrected chi connectivity index (χ0v) is 11.1. The number of aryl methyl sites for hydroxylation is 1. The molecule has 0 saturated heterocycles. The van der Waals surface area contributed by atoms with Gasteiger partial charge in [-0.15, -0.1) is 11.3 Å². The predicted molar refractivity (Wildman–Crippen MR) is 70.5 cm³/mol. The van der Waals surface area contributed by atoms with Crippen LogP contribution < -0.4 is 4.74 Å². The van der Waals surface area contributed by atoms with Gasteiger partial charge in [-0.25, -0.2) is 0 Å². The molecule has 4 heteroatoms. The molecule has 0 aliphatic heterocycles. The fourth-order valence-electron chi connectivity index (χ4n) is 1.62. The molecule has 0 amide bonds. The summed E-state index contributed by atoms with van der Waals surface area (Å²) in [5.74, 6) is 0.477. The van der Waals surface area contributed by atoms with Crippen molar-refractivity contribution in [2.24, 2.45) is 0 Å². The molecule has 0 N–H and O–H groups in total. The van der Waals surface area contributed by atoms with Gasteiger partial charge in [-0.2, -0.15) is 0 Å². The molecule has 1 aromatic heterocycles. The van der Waals surface area contributed by atoms with E-state index in [1.165, 1.54) is 7.11 Å². The van der Waals surface area contributed by atoms with Crippen molar-refractivity contribution < 1.29 is 9.53 Å². The van der Waals surface area contributed by atoms with E-state index in [2.05, 4.69) is 0 Å². The zero-order chi connectivity index (χ0) is 12.4. The van der Waals surface area contributed by atoms with Gasteiger partial charge in [0.25, 0.3) is 0 Å². The molecule has 2 rings (SSSR count). The number of methoxy groups -OCH3 is 1. The average Bonchev–Trinajstić information content (AvgIpc) is 2.74. The summed E-state index contributed by atoms with van der Waals surface area (Å²) < 4.78 is 5.18. The van der Waals surface area contributed by atoms with Gasteiger partial charge in [-0.3, -0.25) is 4.79 Å². The molecule has 0 spiro atoms. The Balaban J connectivity index is 2.48. The predicted octanol–water partition coefficient (Wildman–Crippen LogP) is 3.95. The molecule has 1 aromatic carbocycles. The Hall–Kier alpha value is -1.32. The van der Waals surface area contributed by atoms with E-state index >= 15 is 0 Å². The molecule has 88 valence electrons. The number of ketones is 1.